The Morgan fingerprint density at radius 3 is 2.80 bits per heavy atom. The lowest BCUT2D eigenvalue weighted by Gasteiger charge is -2.25. The van der Waals surface area contributed by atoms with Gasteiger partial charge in [0.25, 0.3) is 0 Å². The zero-order valence-electron chi connectivity index (χ0n) is 9.82. The van der Waals surface area contributed by atoms with Gasteiger partial charge in [-0.1, -0.05) is 6.42 Å². The SMILES string of the molecule is CN(CCC1CCCC1N)C1CCOC1. The number of rotatable bonds is 4. The number of likely N-dealkylation sites (N-methyl/N-ethyl adjacent to an activating group) is 1. The second-order valence-electron chi connectivity index (χ2n) is 5.14. The second kappa shape index (κ2) is 5.28. The molecule has 3 unspecified atom stereocenters. The van der Waals surface area contributed by atoms with Gasteiger partial charge >= 0.3 is 0 Å². The van der Waals surface area contributed by atoms with Gasteiger partial charge in [0.15, 0.2) is 0 Å². The second-order valence-corrected chi connectivity index (χ2v) is 5.14. The molecule has 1 aliphatic carbocycles. The first-order chi connectivity index (χ1) is 7.27. The molecular weight excluding hydrogens is 188 g/mol. The van der Waals surface area contributed by atoms with Crippen molar-refractivity contribution in [3.05, 3.63) is 0 Å². The number of hydrogen-bond donors (Lipinski definition) is 1. The van der Waals surface area contributed by atoms with Crippen molar-refractivity contribution < 1.29 is 4.74 Å². The van der Waals surface area contributed by atoms with E-state index in [4.69, 9.17) is 10.5 Å². The Morgan fingerprint density at radius 1 is 1.33 bits per heavy atom. The zero-order valence-corrected chi connectivity index (χ0v) is 9.82. The van der Waals surface area contributed by atoms with Crippen LogP contribution in [0.2, 0.25) is 0 Å². The van der Waals surface area contributed by atoms with Gasteiger partial charge in [-0.2, -0.15) is 0 Å². The Morgan fingerprint density at radius 2 is 2.20 bits per heavy atom. The molecule has 1 aliphatic heterocycles. The third kappa shape index (κ3) is 2.92. The normalized spacial score (nSPS) is 36.6. The predicted octanol–water partition coefficient (Wildman–Crippen LogP) is 1.22. The standard InChI is InChI=1S/C12H24N2O/c1-14(11-6-8-15-9-11)7-5-10-3-2-4-12(10)13/h10-12H,2-9,13H2,1H3. The minimum Gasteiger partial charge on any atom is -0.380 e. The molecule has 0 bridgehead atoms. The molecule has 3 nitrogen and oxygen atoms in total. The van der Waals surface area contributed by atoms with E-state index in [1.165, 1.54) is 38.6 Å². The quantitative estimate of drug-likeness (QED) is 0.761. The molecule has 0 aromatic rings. The van der Waals surface area contributed by atoms with E-state index < -0.39 is 0 Å². The zero-order chi connectivity index (χ0) is 10.7. The maximum absolute atomic E-state index is 6.08. The van der Waals surface area contributed by atoms with Crippen LogP contribution in [0.25, 0.3) is 0 Å². The van der Waals surface area contributed by atoms with E-state index >= 15 is 0 Å². The summed E-state index contributed by atoms with van der Waals surface area (Å²) in [6, 6.07) is 1.13. The van der Waals surface area contributed by atoms with Crippen LogP contribution in [0.1, 0.15) is 32.1 Å². The van der Waals surface area contributed by atoms with Crippen LogP contribution in [-0.4, -0.2) is 43.8 Å². The minimum absolute atomic E-state index is 0.471. The average Bonchev–Trinajstić information content (AvgIpc) is 2.85. The Bertz CT molecular complexity index is 192. The van der Waals surface area contributed by atoms with Gasteiger partial charge in [-0.25, -0.2) is 0 Å². The van der Waals surface area contributed by atoms with Gasteiger partial charge in [0, 0.05) is 18.7 Å². The first-order valence-electron chi connectivity index (χ1n) is 6.31. The maximum atomic E-state index is 6.08. The highest BCUT2D eigenvalue weighted by molar-refractivity contribution is 4.82. The molecule has 88 valence electrons. The summed E-state index contributed by atoms with van der Waals surface area (Å²) in [6.07, 6.45) is 6.39. The summed E-state index contributed by atoms with van der Waals surface area (Å²) < 4.78 is 5.40. The molecule has 15 heavy (non-hydrogen) atoms. The first kappa shape index (κ1) is 11.4. The third-order valence-electron chi connectivity index (χ3n) is 4.10. The summed E-state index contributed by atoms with van der Waals surface area (Å²) in [5, 5.41) is 0. The largest absolute Gasteiger partial charge is 0.380 e. The summed E-state index contributed by atoms with van der Waals surface area (Å²) in [6.45, 7) is 3.05. The molecule has 2 rings (SSSR count). The van der Waals surface area contributed by atoms with Crippen molar-refractivity contribution in [2.75, 3.05) is 26.8 Å². The van der Waals surface area contributed by atoms with Crippen LogP contribution in [0.4, 0.5) is 0 Å². The van der Waals surface area contributed by atoms with Crippen LogP contribution in [-0.2, 0) is 4.74 Å². The molecule has 0 amide bonds. The fourth-order valence-corrected chi connectivity index (χ4v) is 2.85. The van der Waals surface area contributed by atoms with Crippen molar-refractivity contribution in [2.24, 2.45) is 11.7 Å². The van der Waals surface area contributed by atoms with Crippen molar-refractivity contribution in [3.8, 4) is 0 Å². The van der Waals surface area contributed by atoms with Crippen molar-refractivity contribution in [1.82, 2.24) is 4.90 Å². The van der Waals surface area contributed by atoms with Crippen molar-refractivity contribution in [1.29, 1.82) is 0 Å². The molecule has 2 N–H and O–H groups in total. The fraction of sp³-hybridized carbons (Fsp3) is 1.00. The number of nitrogens with zero attached hydrogens (tertiary/aromatic N) is 1. The lowest BCUT2D eigenvalue weighted by atomic mass is 10.00. The summed E-state index contributed by atoms with van der Waals surface area (Å²) in [7, 11) is 2.22. The lowest BCUT2D eigenvalue weighted by molar-refractivity contribution is 0.155. The first-order valence-corrected chi connectivity index (χ1v) is 6.31. The van der Waals surface area contributed by atoms with E-state index in [0.29, 0.717) is 12.1 Å². The molecule has 0 radical (unpaired) electrons. The highest BCUT2D eigenvalue weighted by Gasteiger charge is 2.25. The van der Waals surface area contributed by atoms with Crippen molar-refractivity contribution in [2.45, 2.75) is 44.2 Å². The molecule has 2 aliphatic rings. The van der Waals surface area contributed by atoms with Gasteiger partial charge in [0.2, 0.25) is 0 Å². The Kier molecular flexibility index (Phi) is 4.00. The van der Waals surface area contributed by atoms with Crippen LogP contribution in [0.15, 0.2) is 0 Å². The van der Waals surface area contributed by atoms with Crippen molar-refractivity contribution in [3.63, 3.8) is 0 Å². The Hall–Kier alpha value is -0.120. The van der Waals surface area contributed by atoms with Gasteiger partial charge in [0.1, 0.15) is 0 Å². The molecule has 1 saturated heterocycles. The topological polar surface area (TPSA) is 38.5 Å². The van der Waals surface area contributed by atoms with Gasteiger partial charge in [-0.3, -0.25) is 0 Å². The van der Waals surface area contributed by atoms with Crippen LogP contribution < -0.4 is 5.73 Å². The molecule has 0 aromatic carbocycles. The summed E-state index contributed by atoms with van der Waals surface area (Å²) >= 11 is 0. The Balaban J connectivity index is 1.67. The van der Waals surface area contributed by atoms with E-state index in [2.05, 4.69) is 11.9 Å². The van der Waals surface area contributed by atoms with E-state index in [9.17, 15) is 0 Å². The highest BCUT2D eigenvalue weighted by Crippen LogP contribution is 2.27. The molecular formula is C12H24N2O. The molecule has 0 spiro atoms. The van der Waals surface area contributed by atoms with E-state index in [1.54, 1.807) is 0 Å². The molecule has 1 heterocycles. The molecule has 3 heteroatoms. The van der Waals surface area contributed by atoms with Gasteiger partial charge in [-0.05, 0) is 45.2 Å². The van der Waals surface area contributed by atoms with E-state index in [-0.39, 0.29) is 0 Å². The summed E-state index contributed by atoms with van der Waals surface area (Å²) in [5.41, 5.74) is 6.08. The van der Waals surface area contributed by atoms with Crippen LogP contribution in [0.3, 0.4) is 0 Å². The van der Waals surface area contributed by atoms with Crippen LogP contribution in [0, 0.1) is 5.92 Å². The molecule has 2 fully saturated rings. The van der Waals surface area contributed by atoms with Gasteiger partial charge < -0.3 is 15.4 Å². The van der Waals surface area contributed by atoms with Gasteiger partial charge in [0.05, 0.1) is 6.61 Å². The lowest BCUT2D eigenvalue weighted by Crippen LogP contribution is -2.35. The van der Waals surface area contributed by atoms with Crippen LogP contribution >= 0.6 is 0 Å². The maximum Gasteiger partial charge on any atom is 0.0622 e. The number of nitrogens with two attached hydrogens (primary N) is 1. The third-order valence-corrected chi connectivity index (χ3v) is 4.10. The minimum atomic E-state index is 0.471. The molecule has 0 aromatic heterocycles. The summed E-state index contributed by atoms with van der Waals surface area (Å²) in [5.74, 6) is 0.773. The molecule has 3 atom stereocenters. The average molecular weight is 212 g/mol. The monoisotopic (exact) mass is 212 g/mol. The Labute approximate surface area is 93.0 Å². The van der Waals surface area contributed by atoms with Gasteiger partial charge in [-0.15, -0.1) is 0 Å². The van der Waals surface area contributed by atoms with E-state index in [1.807, 2.05) is 0 Å². The number of hydrogen-bond acceptors (Lipinski definition) is 3. The highest BCUT2D eigenvalue weighted by atomic mass is 16.5. The molecule has 1 saturated carbocycles. The smallest absolute Gasteiger partial charge is 0.0622 e. The van der Waals surface area contributed by atoms with E-state index in [0.717, 1.165) is 19.1 Å². The number of ether oxygens (including phenoxy) is 1. The predicted molar refractivity (Wildman–Crippen MR) is 61.8 cm³/mol. The van der Waals surface area contributed by atoms with Crippen molar-refractivity contribution >= 4 is 0 Å². The summed E-state index contributed by atoms with van der Waals surface area (Å²) in [4.78, 5) is 2.46. The van der Waals surface area contributed by atoms with Crippen LogP contribution in [0.5, 0.6) is 0 Å². The fourth-order valence-electron chi connectivity index (χ4n) is 2.85.